The summed E-state index contributed by atoms with van der Waals surface area (Å²) in [4.78, 5) is 56.7. The van der Waals surface area contributed by atoms with E-state index in [-0.39, 0.29) is 74.1 Å². The quantitative estimate of drug-likeness (QED) is 0.0307. The number of aliphatic hydroxyl groups excluding tert-OH is 2. The summed E-state index contributed by atoms with van der Waals surface area (Å²) in [5, 5.41) is 50.1. The Labute approximate surface area is 393 Å². The van der Waals surface area contributed by atoms with E-state index in [0.717, 1.165) is 16.7 Å². The predicted octanol–water partition coefficient (Wildman–Crippen LogP) is 8.76. The van der Waals surface area contributed by atoms with Gasteiger partial charge in [0.15, 0.2) is 0 Å². The molecule has 1 heterocycles. The number of carbonyl (C=O) groups is 2. The van der Waals surface area contributed by atoms with Gasteiger partial charge in [0.05, 0.1) is 28.1 Å². The van der Waals surface area contributed by atoms with Crippen LogP contribution in [0, 0.1) is 38.0 Å². The van der Waals surface area contributed by atoms with Crippen molar-refractivity contribution in [3.05, 3.63) is 158 Å². The Morgan fingerprint density at radius 3 is 2.21 bits per heavy atom. The van der Waals surface area contributed by atoms with Crippen molar-refractivity contribution in [1.29, 1.82) is 0 Å². The first-order chi connectivity index (χ1) is 33.0. The molecule has 68 heavy (non-hydrogen) atoms. The Kier molecular flexibility index (Phi) is 16.2. The van der Waals surface area contributed by atoms with Crippen LogP contribution in [0.25, 0.3) is 0 Å². The minimum Gasteiger partial charge on any atom is -0.459 e. The van der Waals surface area contributed by atoms with Gasteiger partial charge in [-0.15, -0.1) is 6.58 Å². The maximum absolute atomic E-state index is 14.3. The van der Waals surface area contributed by atoms with Gasteiger partial charge in [-0.1, -0.05) is 60.5 Å². The molecule has 0 aromatic heterocycles. The van der Waals surface area contributed by atoms with Gasteiger partial charge < -0.3 is 44.2 Å². The fraction of sp³-hybridized carbons (Fsp3) is 0.380. The van der Waals surface area contributed by atoms with Gasteiger partial charge in [0.1, 0.15) is 29.9 Å². The molecule has 3 aliphatic rings. The molecular formula is C50H55N5O13. The highest BCUT2D eigenvalue weighted by Gasteiger charge is 2.65. The Bertz CT molecular complexity index is 2480. The third kappa shape index (κ3) is 11.2. The monoisotopic (exact) mass is 933 g/mol. The number of nitro groups is 2. The number of rotatable bonds is 21. The van der Waals surface area contributed by atoms with Crippen LogP contribution in [0.3, 0.4) is 0 Å². The standard InChI is InChI=1S/C50H55N5O13/c1-3-27-64-50-45(53(2)49(59)67-38-21-19-37(20-22-38)55(62)63)30-43(52-65-32-34-15-17-36(18-16-34)54(60)61)41-28-35(13-7-9-25-56)40(14-8-10-26-57)46(47(41)50)42-29-39(23-24-44(42)68-50)66-48(58)51-31-33-11-5-4-6-12-33/h3-6,11-12,15-24,28-29,35,40,45-47,56-57H,1,7-10,13-14,25-27,30-32H2,2H3,(H,51,58). The Morgan fingerprint density at radius 1 is 0.882 bits per heavy atom. The fourth-order valence-electron chi connectivity index (χ4n) is 9.54. The summed E-state index contributed by atoms with van der Waals surface area (Å²) in [7, 11) is 1.54. The van der Waals surface area contributed by atoms with Crippen molar-refractivity contribution in [2.75, 3.05) is 26.9 Å². The van der Waals surface area contributed by atoms with Gasteiger partial charge in [-0.3, -0.25) is 20.2 Å². The lowest BCUT2D eigenvalue weighted by Gasteiger charge is -2.59. The van der Waals surface area contributed by atoms with Crippen LogP contribution >= 0.6 is 0 Å². The first kappa shape index (κ1) is 48.8. The number of aliphatic hydroxyl groups is 2. The van der Waals surface area contributed by atoms with Gasteiger partial charge >= 0.3 is 12.2 Å². The van der Waals surface area contributed by atoms with Gasteiger partial charge in [-0.05, 0) is 96.7 Å². The minimum absolute atomic E-state index is 0.00538. The van der Waals surface area contributed by atoms with E-state index in [1.165, 1.54) is 41.3 Å². The second kappa shape index (κ2) is 22.6. The number of ether oxygens (including phenoxy) is 4. The average Bonchev–Trinajstić information content (AvgIpc) is 3.34. The summed E-state index contributed by atoms with van der Waals surface area (Å²) in [6.45, 7) is 4.14. The summed E-state index contributed by atoms with van der Waals surface area (Å²) < 4.78 is 25.8. The predicted molar refractivity (Wildman–Crippen MR) is 249 cm³/mol. The molecule has 18 nitrogen and oxygen atoms in total. The number of hydrogen-bond donors (Lipinski definition) is 3. The second-order valence-electron chi connectivity index (χ2n) is 16.9. The van der Waals surface area contributed by atoms with E-state index in [2.05, 4.69) is 18.0 Å². The normalized spacial score (nSPS) is 21.8. The molecule has 18 heteroatoms. The van der Waals surface area contributed by atoms with E-state index >= 15 is 0 Å². The number of nitrogens with one attached hydrogen (secondary N) is 1. The summed E-state index contributed by atoms with van der Waals surface area (Å²) in [5.41, 5.74) is 3.18. The summed E-state index contributed by atoms with van der Waals surface area (Å²) in [6.07, 6.45) is 6.12. The summed E-state index contributed by atoms with van der Waals surface area (Å²) >= 11 is 0. The van der Waals surface area contributed by atoms with E-state index in [9.17, 15) is 40.0 Å². The van der Waals surface area contributed by atoms with Gasteiger partial charge in [0.25, 0.3) is 11.4 Å². The van der Waals surface area contributed by atoms with Crippen LogP contribution in [0.2, 0.25) is 0 Å². The van der Waals surface area contributed by atoms with Crippen molar-refractivity contribution < 1.29 is 53.4 Å². The van der Waals surface area contributed by atoms with Crippen LogP contribution in [0.15, 0.2) is 127 Å². The van der Waals surface area contributed by atoms with Gasteiger partial charge in [0, 0.05) is 69.0 Å². The topological polar surface area (TPSA) is 235 Å². The van der Waals surface area contributed by atoms with E-state index < -0.39 is 45.7 Å². The largest absolute Gasteiger partial charge is 0.459 e. The molecule has 0 bridgehead atoms. The van der Waals surface area contributed by atoms with Crippen molar-refractivity contribution in [3.8, 4) is 17.2 Å². The number of nitro benzene ring substituents is 2. The number of unbranched alkanes of at least 4 members (excludes halogenated alkanes) is 2. The minimum atomic E-state index is -1.64. The molecule has 358 valence electrons. The lowest BCUT2D eigenvalue weighted by atomic mass is 9.55. The molecule has 1 aliphatic heterocycles. The van der Waals surface area contributed by atoms with Gasteiger partial charge in [0.2, 0.25) is 5.79 Å². The zero-order chi connectivity index (χ0) is 48.2. The first-order valence-corrected chi connectivity index (χ1v) is 22.6. The van der Waals surface area contributed by atoms with Crippen molar-refractivity contribution in [2.24, 2.45) is 22.9 Å². The highest BCUT2D eigenvalue weighted by atomic mass is 16.7. The van der Waals surface area contributed by atoms with Crippen molar-refractivity contribution in [1.82, 2.24) is 10.2 Å². The van der Waals surface area contributed by atoms with Crippen LogP contribution in [-0.2, 0) is 22.7 Å². The van der Waals surface area contributed by atoms with E-state index in [0.29, 0.717) is 55.5 Å². The maximum atomic E-state index is 14.3. The van der Waals surface area contributed by atoms with E-state index in [4.69, 9.17) is 28.9 Å². The van der Waals surface area contributed by atoms with Crippen LogP contribution in [0.1, 0.15) is 67.6 Å². The number of oxime groups is 1. The van der Waals surface area contributed by atoms with Crippen LogP contribution < -0.4 is 19.5 Å². The third-order valence-electron chi connectivity index (χ3n) is 12.7. The highest BCUT2D eigenvalue weighted by molar-refractivity contribution is 6.03. The van der Waals surface area contributed by atoms with Gasteiger partial charge in [-0.25, -0.2) is 9.59 Å². The maximum Gasteiger partial charge on any atom is 0.415 e. The molecule has 0 radical (unpaired) electrons. The molecular weight excluding hydrogens is 879 g/mol. The smallest absolute Gasteiger partial charge is 0.415 e. The molecule has 2 amide bonds. The zero-order valence-electron chi connectivity index (χ0n) is 37.6. The number of hydrogen-bond acceptors (Lipinski definition) is 14. The number of nitrogens with zero attached hydrogens (tertiary/aromatic N) is 4. The second-order valence-corrected chi connectivity index (χ2v) is 16.9. The number of amides is 2. The zero-order valence-corrected chi connectivity index (χ0v) is 37.6. The average molecular weight is 934 g/mol. The molecule has 2 aliphatic carbocycles. The van der Waals surface area contributed by atoms with Crippen molar-refractivity contribution in [3.63, 3.8) is 0 Å². The molecule has 4 aromatic carbocycles. The highest BCUT2D eigenvalue weighted by Crippen LogP contribution is 2.62. The number of benzene rings is 4. The fourth-order valence-corrected chi connectivity index (χ4v) is 9.54. The molecule has 4 aromatic rings. The summed E-state index contributed by atoms with van der Waals surface area (Å²) in [5.74, 6) is -2.28. The summed E-state index contributed by atoms with van der Waals surface area (Å²) in [6, 6.07) is 24.6. The molecule has 3 N–H and O–H groups in total. The number of allylic oxidation sites excluding steroid dienone is 1. The molecule has 0 spiro atoms. The molecule has 6 unspecified atom stereocenters. The SMILES string of the molecule is C=CCOC12Oc3ccc(OC(=O)NCc4ccccc4)cc3C3C(CCCCO)C(CCCCO)C=C(C(=NOCc4ccc([N+](=O)[O-])cc4)CC1N(C)C(=O)Oc1ccc([N+](=O)[O-])cc1)C32. The van der Waals surface area contributed by atoms with E-state index in [1.807, 2.05) is 30.3 Å². The number of likely N-dealkylation sites (N-methyl/N-ethyl adjacent to an activating group) is 1. The van der Waals surface area contributed by atoms with Gasteiger partial charge in [-0.2, -0.15) is 0 Å². The third-order valence-corrected chi connectivity index (χ3v) is 12.7. The van der Waals surface area contributed by atoms with Crippen LogP contribution in [0.4, 0.5) is 21.0 Å². The lowest BCUT2D eigenvalue weighted by molar-refractivity contribution is -0.385. The lowest BCUT2D eigenvalue weighted by Crippen LogP contribution is -2.69. The molecule has 0 saturated heterocycles. The van der Waals surface area contributed by atoms with Crippen molar-refractivity contribution >= 4 is 29.3 Å². The Balaban J connectivity index is 1.35. The molecule has 1 fully saturated rings. The number of fused-ring (bicyclic) bond motifs is 2. The Morgan fingerprint density at radius 2 is 1.54 bits per heavy atom. The van der Waals surface area contributed by atoms with Crippen molar-refractivity contribution in [2.45, 2.75) is 75.8 Å². The number of non-ortho nitro benzene ring substituents is 2. The first-order valence-electron chi connectivity index (χ1n) is 22.6. The van der Waals surface area contributed by atoms with Crippen LogP contribution in [-0.4, -0.2) is 81.6 Å². The Hall–Kier alpha value is -7.15. The number of carbonyl (C=O) groups excluding carboxylic acids is 2. The van der Waals surface area contributed by atoms with Crippen LogP contribution in [0.5, 0.6) is 17.2 Å². The van der Waals surface area contributed by atoms with E-state index in [1.54, 1.807) is 43.5 Å². The molecule has 1 saturated carbocycles. The molecule has 6 atom stereocenters. The molecule has 7 rings (SSSR count).